The number of nitrogens with zero attached hydrogens (tertiary/aromatic N) is 3. The predicted octanol–water partition coefficient (Wildman–Crippen LogP) is 1.12. The molecule has 0 fully saturated rings. The van der Waals surface area contributed by atoms with Gasteiger partial charge in [0.1, 0.15) is 5.82 Å². The molecule has 0 saturated heterocycles. The van der Waals surface area contributed by atoms with Crippen molar-refractivity contribution in [3.8, 4) is 0 Å². The van der Waals surface area contributed by atoms with E-state index >= 15 is 0 Å². The molecule has 0 unspecified atom stereocenters. The maximum Gasteiger partial charge on any atom is 0.251 e. The Kier molecular flexibility index (Phi) is 4.89. The number of rotatable bonds is 6. The van der Waals surface area contributed by atoms with Gasteiger partial charge in [-0.25, -0.2) is 10.8 Å². The van der Waals surface area contributed by atoms with Crippen LogP contribution in [0, 0.1) is 0 Å². The highest BCUT2D eigenvalue weighted by Gasteiger charge is 2.11. The Morgan fingerprint density at radius 3 is 2.86 bits per heavy atom. The average Bonchev–Trinajstić information content (AvgIpc) is 2.99. The number of aromatic nitrogens is 3. The van der Waals surface area contributed by atoms with E-state index in [1.54, 1.807) is 23.0 Å². The molecular formula is C14H20N6O. The summed E-state index contributed by atoms with van der Waals surface area (Å²) in [6, 6.07) is 5.27. The van der Waals surface area contributed by atoms with E-state index in [0.717, 1.165) is 5.69 Å². The first-order chi connectivity index (χ1) is 10.1. The summed E-state index contributed by atoms with van der Waals surface area (Å²) >= 11 is 0. The highest BCUT2D eigenvalue weighted by atomic mass is 16.1. The molecule has 0 saturated carbocycles. The molecule has 2 aromatic rings. The Balaban J connectivity index is 2.02. The van der Waals surface area contributed by atoms with Crippen LogP contribution in [0.1, 0.15) is 35.8 Å². The molecule has 7 nitrogen and oxygen atoms in total. The minimum absolute atomic E-state index is 0.150. The zero-order valence-corrected chi connectivity index (χ0v) is 12.2. The number of carbonyl (C=O) groups is 1. The van der Waals surface area contributed by atoms with Crippen LogP contribution in [-0.4, -0.2) is 27.2 Å². The third-order valence-electron chi connectivity index (χ3n) is 3.03. The first kappa shape index (κ1) is 15.0. The van der Waals surface area contributed by atoms with Crippen LogP contribution in [0.3, 0.4) is 0 Å². The van der Waals surface area contributed by atoms with E-state index in [2.05, 4.69) is 20.8 Å². The van der Waals surface area contributed by atoms with Crippen LogP contribution < -0.4 is 16.6 Å². The van der Waals surface area contributed by atoms with Gasteiger partial charge in [-0.2, -0.15) is 5.10 Å². The molecule has 0 aliphatic heterocycles. The van der Waals surface area contributed by atoms with Crippen LogP contribution in [-0.2, 0) is 6.54 Å². The van der Waals surface area contributed by atoms with Crippen LogP contribution in [0.15, 0.2) is 30.6 Å². The van der Waals surface area contributed by atoms with Crippen molar-refractivity contribution in [2.45, 2.75) is 26.3 Å². The molecule has 112 valence electrons. The highest BCUT2D eigenvalue weighted by Crippen LogP contribution is 2.17. The van der Waals surface area contributed by atoms with Gasteiger partial charge < -0.3 is 10.7 Å². The van der Waals surface area contributed by atoms with Crippen molar-refractivity contribution in [2.75, 3.05) is 12.0 Å². The number of nitrogens with two attached hydrogens (primary N) is 1. The van der Waals surface area contributed by atoms with E-state index in [4.69, 9.17) is 5.84 Å². The molecule has 0 atom stereocenters. The Bertz CT molecular complexity index is 594. The van der Waals surface area contributed by atoms with Gasteiger partial charge in [-0.05, 0) is 24.1 Å². The summed E-state index contributed by atoms with van der Waals surface area (Å²) in [6.07, 6.45) is 3.56. The summed E-state index contributed by atoms with van der Waals surface area (Å²) in [5.41, 5.74) is 3.86. The maximum absolute atomic E-state index is 12.2. The molecule has 21 heavy (non-hydrogen) atoms. The average molecular weight is 288 g/mol. The monoisotopic (exact) mass is 288 g/mol. The third kappa shape index (κ3) is 4.03. The number of carbonyl (C=O) groups excluding carboxylic acids is 1. The van der Waals surface area contributed by atoms with Gasteiger partial charge in [-0.1, -0.05) is 13.8 Å². The topological polar surface area (TPSA) is 97.9 Å². The number of amides is 1. The van der Waals surface area contributed by atoms with Gasteiger partial charge in [0.25, 0.3) is 5.91 Å². The number of nitrogens with one attached hydrogen (secondary N) is 2. The van der Waals surface area contributed by atoms with Crippen LogP contribution >= 0.6 is 0 Å². The lowest BCUT2D eigenvalue weighted by atomic mass is 10.1. The molecule has 4 N–H and O–H groups in total. The fraction of sp³-hybridized carbons (Fsp3) is 0.357. The van der Waals surface area contributed by atoms with Crippen molar-refractivity contribution in [1.82, 2.24) is 20.1 Å². The van der Waals surface area contributed by atoms with Crippen LogP contribution in [0.25, 0.3) is 0 Å². The van der Waals surface area contributed by atoms with E-state index in [0.29, 0.717) is 24.5 Å². The molecule has 2 heterocycles. The number of pyridine rings is 1. The standard InChI is InChI=1S/C14H20N6O/c1-10(2)12-8-11(9-13(18-12)19-15)14(21)16-5-7-20-6-3-4-17-20/h3-4,6,8-10H,5,7,15H2,1-2H3,(H,16,21)(H,18,19). The van der Waals surface area contributed by atoms with Crippen molar-refractivity contribution >= 4 is 11.7 Å². The second kappa shape index (κ2) is 6.85. The normalized spacial score (nSPS) is 10.7. The lowest BCUT2D eigenvalue weighted by molar-refractivity contribution is 0.0951. The second-order valence-electron chi connectivity index (χ2n) is 4.99. The Morgan fingerprint density at radius 2 is 2.24 bits per heavy atom. The predicted molar refractivity (Wildman–Crippen MR) is 80.7 cm³/mol. The van der Waals surface area contributed by atoms with Crippen molar-refractivity contribution in [1.29, 1.82) is 0 Å². The fourth-order valence-electron chi connectivity index (χ4n) is 1.87. The van der Waals surface area contributed by atoms with Gasteiger partial charge in [0.05, 0.1) is 6.54 Å². The van der Waals surface area contributed by atoms with Gasteiger partial charge in [0.15, 0.2) is 0 Å². The largest absolute Gasteiger partial charge is 0.350 e. The van der Waals surface area contributed by atoms with Crippen molar-refractivity contribution in [3.05, 3.63) is 41.9 Å². The molecule has 2 rings (SSSR count). The van der Waals surface area contributed by atoms with E-state index in [9.17, 15) is 4.79 Å². The van der Waals surface area contributed by atoms with E-state index in [1.165, 1.54) is 0 Å². The molecule has 0 radical (unpaired) electrons. The zero-order chi connectivity index (χ0) is 15.2. The van der Waals surface area contributed by atoms with Gasteiger partial charge >= 0.3 is 0 Å². The van der Waals surface area contributed by atoms with Crippen molar-refractivity contribution < 1.29 is 4.79 Å². The molecule has 0 aliphatic rings. The number of hydrogen-bond acceptors (Lipinski definition) is 5. The number of hydrazine groups is 1. The van der Waals surface area contributed by atoms with Gasteiger partial charge in [0, 0.05) is 30.2 Å². The molecule has 2 aromatic heterocycles. The number of anilines is 1. The fourth-order valence-corrected chi connectivity index (χ4v) is 1.87. The molecule has 0 aliphatic carbocycles. The lowest BCUT2D eigenvalue weighted by Gasteiger charge is -2.11. The first-order valence-corrected chi connectivity index (χ1v) is 6.84. The zero-order valence-electron chi connectivity index (χ0n) is 12.2. The van der Waals surface area contributed by atoms with Gasteiger partial charge in [0.2, 0.25) is 0 Å². The molecular weight excluding hydrogens is 268 g/mol. The van der Waals surface area contributed by atoms with Crippen molar-refractivity contribution in [3.63, 3.8) is 0 Å². The SMILES string of the molecule is CC(C)c1cc(C(=O)NCCn2cccn2)cc(NN)n1. The molecule has 7 heteroatoms. The summed E-state index contributed by atoms with van der Waals surface area (Å²) in [4.78, 5) is 16.5. The summed E-state index contributed by atoms with van der Waals surface area (Å²) in [5.74, 6) is 5.95. The first-order valence-electron chi connectivity index (χ1n) is 6.84. The Hall–Kier alpha value is -2.41. The Labute approximate surface area is 123 Å². The summed E-state index contributed by atoms with van der Waals surface area (Å²) < 4.78 is 1.76. The molecule has 0 bridgehead atoms. The molecule has 0 aromatic carbocycles. The lowest BCUT2D eigenvalue weighted by Crippen LogP contribution is -2.28. The van der Waals surface area contributed by atoms with E-state index in [1.807, 2.05) is 26.1 Å². The molecule has 1 amide bonds. The van der Waals surface area contributed by atoms with Crippen LogP contribution in [0.2, 0.25) is 0 Å². The van der Waals surface area contributed by atoms with Crippen molar-refractivity contribution in [2.24, 2.45) is 5.84 Å². The number of nitrogen functional groups attached to an aromatic ring is 1. The molecule has 0 spiro atoms. The van der Waals surface area contributed by atoms with E-state index in [-0.39, 0.29) is 11.8 Å². The minimum Gasteiger partial charge on any atom is -0.350 e. The smallest absolute Gasteiger partial charge is 0.251 e. The quantitative estimate of drug-likeness (QED) is 0.546. The Morgan fingerprint density at radius 1 is 1.43 bits per heavy atom. The summed E-state index contributed by atoms with van der Waals surface area (Å²) in [5, 5.41) is 6.94. The highest BCUT2D eigenvalue weighted by molar-refractivity contribution is 5.95. The van der Waals surface area contributed by atoms with Crippen LogP contribution in [0.5, 0.6) is 0 Å². The summed E-state index contributed by atoms with van der Waals surface area (Å²) in [7, 11) is 0. The van der Waals surface area contributed by atoms with Gasteiger partial charge in [-0.3, -0.25) is 9.48 Å². The maximum atomic E-state index is 12.2. The minimum atomic E-state index is -0.150. The van der Waals surface area contributed by atoms with E-state index < -0.39 is 0 Å². The van der Waals surface area contributed by atoms with Crippen LogP contribution in [0.4, 0.5) is 5.82 Å². The number of hydrogen-bond donors (Lipinski definition) is 3. The second-order valence-corrected chi connectivity index (χ2v) is 4.99. The summed E-state index contributed by atoms with van der Waals surface area (Å²) in [6.45, 7) is 5.16. The van der Waals surface area contributed by atoms with Gasteiger partial charge in [-0.15, -0.1) is 0 Å². The third-order valence-corrected chi connectivity index (χ3v) is 3.03.